The van der Waals surface area contributed by atoms with Crippen molar-refractivity contribution >= 4 is 17.3 Å². The summed E-state index contributed by atoms with van der Waals surface area (Å²) in [6.07, 6.45) is 0.0149. The highest BCUT2D eigenvalue weighted by atomic mass is 35.5. The number of para-hydroxylation sites is 1. The van der Waals surface area contributed by atoms with Gasteiger partial charge in [-0.2, -0.15) is 0 Å². The second kappa shape index (κ2) is 5.96. The Bertz CT molecular complexity index is 644. The highest BCUT2D eigenvalue weighted by Gasteiger charge is 2.26. The van der Waals surface area contributed by atoms with Crippen LogP contribution in [-0.4, -0.2) is 25.7 Å². The predicted molar refractivity (Wildman–Crippen MR) is 88.2 cm³/mol. The first-order valence-corrected chi connectivity index (χ1v) is 7.62. The lowest BCUT2D eigenvalue weighted by Crippen LogP contribution is -2.44. The zero-order chi connectivity index (χ0) is 14.8. The summed E-state index contributed by atoms with van der Waals surface area (Å²) in [7, 11) is 0. The van der Waals surface area contributed by atoms with Gasteiger partial charge in [0.1, 0.15) is 6.10 Å². The van der Waals surface area contributed by atoms with E-state index in [1.165, 1.54) is 0 Å². The molecule has 1 unspecified atom stereocenters. The number of rotatable bonds is 3. The Kier molecular flexibility index (Phi) is 4.04. The quantitative estimate of drug-likeness (QED) is 0.942. The molecule has 3 nitrogen and oxygen atoms in total. The van der Waals surface area contributed by atoms with E-state index in [-0.39, 0.29) is 6.10 Å². The monoisotopic (exact) mass is 302 g/mol. The van der Waals surface area contributed by atoms with Crippen molar-refractivity contribution in [3.8, 4) is 16.9 Å². The van der Waals surface area contributed by atoms with Crippen molar-refractivity contribution in [1.29, 1.82) is 0 Å². The van der Waals surface area contributed by atoms with Crippen LogP contribution in [0.1, 0.15) is 6.92 Å². The number of anilines is 1. The van der Waals surface area contributed by atoms with E-state index < -0.39 is 0 Å². The lowest BCUT2D eigenvalue weighted by molar-refractivity contribution is 0.202. The van der Waals surface area contributed by atoms with Crippen LogP contribution in [0.3, 0.4) is 0 Å². The average molecular weight is 303 g/mol. The van der Waals surface area contributed by atoms with E-state index in [2.05, 4.69) is 17.9 Å². The normalized spacial score (nSPS) is 17.3. The van der Waals surface area contributed by atoms with Gasteiger partial charge in [-0.25, -0.2) is 0 Å². The van der Waals surface area contributed by atoms with Crippen LogP contribution in [0.15, 0.2) is 42.5 Å². The Morgan fingerprint density at radius 1 is 1.19 bits per heavy atom. The van der Waals surface area contributed by atoms with Gasteiger partial charge in [0.05, 0.1) is 12.2 Å². The van der Waals surface area contributed by atoms with E-state index in [1.54, 1.807) is 0 Å². The van der Waals surface area contributed by atoms with Crippen molar-refractivity contribution in [3.63, 3.8) is 0 Å². The Morgan fingerprint density at radius 2 is 1.95 bits per heavy atom. The maximum atomic E-state index is 6.35. The van der Waals surface area contributed by atoms with E-state index in [9.17, 15) is 0 Å². The largest absolute Gasteiger partial charge is 0.484 e. The molecule has 0 saturated carbocycles. The molecule has 2 N–H and O–H groups in total. The number of nitrogens with two attached hydrogens (primary N) is 1. The molecule has 1 aliphatic rings. The molecule has 0 aliphatic carbocycles. The van der Waals surface area contributed by atoms with Gasteiger partial charge in [-0.05, 0) is 19.1 Å². The van der Waals surface area contributed by atoms with E-state index >= 15 is 0 Å². The van der Waals surface area contributed by atoms with Gasteiger partial charge in [0.15, 0.2) is 5.75 Å². The lowest BCUT2D eigenvalue weighted by Gasteiger charge is -2.36. The topological polar surface area (TPSA) is 38.5 Å². The average Bonchev–Trinajstić information content (AvgIpc) is 2.53. The summed E-state index contributed by atoms with van der Waals surface area (Å²) in [4.78, 5) is 2.30. The van der Waals surface area contributed by atoms with Crippen LogP contribution in [0.25, 0.3) is 11.1 Å². The van der Waals surface area contributed by atoms with Gasteiger partial charge in [-0.15, -0.1) is 0 Å². The Balaban J connectivity index is 2.14. The molecule has 2 aromatic carbocycles. The van der Waals surface area contributed by atoms with Crippen molar-refractivity contribution in [2.45, 2.75) is 13.0 Å². The first kappa shape index (κ1) is 14.2. The molecular formula is C17H19ClN2O. The third-order valence-corrected chi connectivity index (χ3v) is 4.18. The highest BCUT2D eigenvalue weighted by molar-refractivity contribution is 6.33. The summed E-state index contributed by atoms with van der Waals surface area (Å²) in [5.74, 6) is 0.883. The molecule has 21 heavy (non-hydrogen) atoms. The van der Waals surface area contributed by atoms with Crippen molar-refractivity contribution in [3.05, 3.63) is 47.5 Å². The molecule has 4 heteroatoms. The molecular weight excluding hydrogens is 284 g/mol. The lowest BCUT2D eigenvalue weighted by atomic mass is 10.0. The van der Waals surface area contributed by atoms with Gasteiger partial charge >= 0.3 is 0 Å². The number of hydrogen-bond donors (Lipinski definition) is 1. The molecule has 110 valence electrons. The number of halogens is 1. The summed E-state index contributed by atoms with van der Waals surface area (Å²) >= 11 is 6.35. The van der Waals surface area contributed by atoms with Gasteiger partial charge < -0.3 is 15.4 Å². The summed E-state index contributed by atoms with van der Waals surface area (Å²) in [6.45, 7) is 4.41. The fraction of sp³-hybridized carbons (Fsp3) is 0.294. The first-order chi connectivity index (χ1) is 10.2. The van der Waals surface area contributed by atoms with Crippen LogP contribution in [0.2, 0.25) is 5.02 Å². The van der Waals surface area contributed by atoms with Gasteiger partial charge in [-0.1, -0.05) is 41.9 Å². The Hall–Kier alpha value is -1.71. The minimum Gasteiger partial charge on any atom is -0.484 e. The molecule has 0 bridgehead atoms. The third kappa shape index (κ3) is 2.59. The molecule has 1 aliphatic heterocycles. The number of hydrogen-bond acceptors (Lipinski definition) is 3. The molecule has 0 fully saturated rings. The van der Waals surface area contributed by atoms with Crippen LogP contribution >= 0.6 is 11.6 Å². The standard InChI is InChI=1S/C17H19ClN2O/c1-2-20-11-12(10-19)21-17-14(7-5-9-16(17)20)13-6-3-4-8-15(13)18/h3-9,12H,2,10-11,19H2,1H3. The van der Waals surface area contributed by atoms with Crippen LogP contribution in [0, 0.1) is 0 Å². The van der Waals surface area contributed by atoms with Gasteiger partial charge in [0, 0.05) is 29.2 Å². The number of ether oxygens (including phenoxy) is 1. The Morgan fingerprint density at radius 3 is 2.67 bits per heavy atom. The Labute approximate surface area is 130 Å². The van der Waals surface area contributed by atoms with E-state index in [1.807, 2.05) is 36.4 Å². The van der Waals surface area contributed by atoms with Crippen LogP contribution in [0.5, 0.6) is 5.75 Å². The molecule has 3 rings (SSSR count). The van der Waals surface area contributed by atoms with Gasteiger partial charge in [0.25, 0.3) is 0 Å². The first-order valence-electron chi connectivity index (χ1n) is 7.24. The molecule has 0 radical (unpaired) electrons. The fourth-order valence-electron chi connectivity index (χ4n) is 2.76. The zero-order valence-corrected chi connectivity index (χ0v) is 12.8. The molecule has 1 heterocycles. The van der Waals surface area contributed by atoms with Gasteiger partial charge in [0.2, 0.25) is 0 Å². The predicted octanol–water partition coefficient (Wildman–Crippen LogP) is 3.55. The zero-order valence-electron chi connectivity index (χ0n) is 12.1. The second-order valence-corrected chi connectivity index (χ2v) is 5.56. The van der Waals surface area contributed by atoms with Gasteiger partial charge in [-0.3, -0.25) is 0 Å². The van der Waals surface area contributed by atoms with E-state index in [0.717, 1.165) is 40.7 Å². The highest BCUT2D eigenvalue weighted by Crippen LogP contribution is 2.43. The molecule has 0 aromatic heterocycles. The van der Waals surface area contributed by atoms with Crippen LogP contribution in [0.4, 0.5) is 5.69 Å². The SMILES string of the molecule is CCN1CC(CN)Oc2c(-c3ccccc3Cl)cccc21. The fourth-order valence-corrected chi connectivity index (χ4v) is 3.00. The number of benzene rings is 2. The maximum absolute atomic E-state index is 6.35. The number of nitrogens with zero attached hydrogens (tertiary/aromatic N) is 1. The van der Waals surface area contributed by atoms with Crippen molar-refractivity contribution in [1.82, 2.24) is 0 Å². The molecule has 0 saturated heterocycles. The molecule has 2 aromatic rings. The summed E-state index contributed by atoms with van der Waals surface area (Å²) in [5, 5.41) is 0.729. The minimum atomic E-state index is 0.0149. The second-order valence-electron chi connectivity index (χ2n) is 5.15. The van der Waals surface area contributed by atoms with Crippen molar-refractivity contribution < 1.29 is 4.74 Å². The van der Waals surface area contributed by atoms with Crippen molar-refractivity contribution in [2.24, 2.45) is 5.73 Å². The number of likely N-dealkylation sites (N-methyl/N-ethyl adjacent to an activating group) is 1. The van der Waals surface area contributed by atoms with E-state index in [4.69, 9.17) is 22.1 Å². The smallest absolute Gasteiger partial charge is 0.151 e. The summed E-state index contributed by atoms with van der Waals surface area (Å²) < 4.78 is 6.13. The molecule has 0 spiro atoms. The number of fused-ring (bicyclic) bond motifs is 1. The van der Waals surface area contributed by atoms with Crippen LogP contribution < -0.4 is 15.4 Å². The maximum Gasteiger partial charge on any atom is 0.151 e. The third-order valence-electron chi connectivity index (χ3n) is 3.85. The minimum absolute atomic E-state index is 0.0149. The van der Waals surface area contributed by atoms with E-state index in [0.29, 0.717) is 6.54 Å². The molecule has 0 amide bonds. The molecule has 1 atom stereocenters. The summed E-state index contributed by atoms with van der Waals surface area (Å²) in [5.41, 5.74) is 8.94. The van der Waals surface area contributed by atoms with Crippen LogP contribution in [-0.2, 0) is 0 Å². The summed E-state index contributed by atoms with van der Waals surface area (Å²) in [6, 6.07) is 14.0. The van der Waals surface area contributed by atoms with Crippen molar-refractivity contribution in [2.75, 3.05) is 24.5 Å².